The molecule has 0 bridgehead atoms. The third-order valence-corrected chi connectivity index (χ3v) is 3.92. The summed E-state index contributed by atoms with van der Waals surface area (Å²) in [7, 11) is 1.81. The molecule has 0 radical (unpaired) electrons. The molecule has 0 aromatic heterocycles. The molecule has 0 saturated carbocycles. The second-order valence-electron chi connectivity index (χ2n) is 4.98. The molecular weight excluding hydrogens is 234 g/mol. The van der Waals surface area contributed by atoms with Gasteiger partial charge < -0.3 is 9.64 Å². The molecule has 17 heavy (non-hydrogen) atoms. The topological polar surface area (TPSA) is 12.5 Å². The Morgan fingerprint density at radius 2 is 2.06 bits per heavy atom. The number of rotatable bonds is 3. The third kappa shape index (κ3) is 2.93. The zero-order chi connectivity index (χ0) is 12.3. The summed E-state index contributed by atoms with van der Waals surface area (Å²) in [5.74, 6) is 0.579. The first-order chi connectivity index (χ1) is 8.17. The van der Waals surface area contributed by atoms with Crippen molar-refractivity contribution in [2.24, 2.45) is 0 Å². The number of ether oxygens (including phenoxy) is 1. The summed E-state index contributed by atoms with van der Waals surface area (Å²) in [6, 6.07) is 8.50. The molecule has 2 rings (SSSR count). The molecule has 0 amide bonds. The van der Waals surface area contributed by atoms with Gasteiger partial charge in [0.05, 0.1) is 5.60 Å². The lowest BCUT2D eigenvalue weighted by molar-refractivity contribution is -0.00465. The summed E-state index contributed by atoms with van der Waals surface area (Å²) in [5.41, 5.74) is 2.42. The van der Waals surface area contributed by atoms with Gasteiger partial charge in [-0.05, 0) is 37.5 Å². The Morgan fingerprint density at radius 1 is 1.35 bits per heavy atom. The molecule has 1 atom stereocenters. The van der Waals surface area contributed by atoms with Gasteiger partial charge in [-0.1, -0.05) is 12.1 Å². The number of alkyl halides is 1. The van der Waals surface area contributed by atoms with E-state index in [9.17, 15) is 0 Å². The molecule has 1 aliphatic rings. The largest absolute Gasteiger partial charge is 0.377 e. The zero-order valence-corrected chi connectivity index (χ0v) is 11.3. The highest BCUT2D eigenvalue weighted by Gasteiger charge is 2.30. The van der Waals surface area contributed by atoms with E-state index in [0.717, 1.165) is 19.5 Å². The first-order valence-electron chi connectivity index (χ1n) is 6.12. The van der Waals surface area contributed by atoms with Crippen LogP contribution < -0.4 is 4.90 Å². The third-order valence-electron chi connectivity index (χ3n) is 3.61. The maximum absolute atomic E-state index is 5.80. The van der Waals surface area contributed by atoms with Crippen LogP contribution in [0, 0.1) is 0 Å². The molecule has 1 aliphatic heterocycles. The lowest BCUT2D eigenvalue weighted by Gasteiger charge is -2.40. The SMILES string of the molecule is COC1(C)CCCN(c2ccc(CCl)cc2)C1. The Bertz CT molecular complexity index is 365. The van der Waals surface area contributed by atoms with Gasteiger partial charge in [0.2, 0.25) is 0 Å². The van der Waals surface area contributed by atoms with Gasteiger partial charge in [-0.2, -0.15) is 0 Å². The van der Waals surface area contributed by atoms with Crippen molar-refractivity contribution in [1.82, 2.24) is 0 Å². The lowest BCUT2D eigenvalue weighted by Crippen LogP contribution is -2.47. The van der Waals surface area contributed by atoms with E-state index in [4.69, 9.17) is 16.3 Å². The summed E-state index contributed by atoms with van der Waals surface area (Å²) in [6.45, 7) is 4.26. The van der Waals surface area contributed by atoms with Crippen molar-refractivity contribution in [3.8, 4) is 0 Å². The minimum Gasteiger partial charge on any atom is -0.377 e. The van der Waals surface area contributed by atoms with Gasteiger partial charge >= 0.3 is 0 Å². The summed E-state index contributed by atoms with van der Waals surface area (Å²) in [6.07, 6.45) is 2.32. The summed E-state index contributed by atoms with van der Waals surface area (Å²) >= 11 is 5.80. The molecule has 1 heterocycles. The number of halogens is 1. The van der Waals surface area contributed by atoms with Gasteiger partial charge in [-0.15, -0.1) is 11.6 Å². The molecule has 3 heteroatoms. The van der Waals surface area contributed by atoms with Gasteiger partial charge in [-0.25, -0.2) is 0 Å². The van der Waals surface area contributed by atoms with Crippen LogP contribution in [-0.2, 0) is 10.6 Å². The highest BCUT2D eigenvalue weighted by atomic mass is 35.5. The fraction of sp³-hybridized carbons (Fsp3) is 0.571. The summed E-state index contributed by atoms with van der Waals surface area (Å²) in [4.78, 5) is 2.39. The van der Waals surface area contributed by atoms with Crippen molar-refractivity contribution in [3.63, 3.8) is 0 Å². The average Bonchev–Trinajstić information content (AvgIpc) is 2.39. The van der Waals surface area contributed by atoms with Gasteiger partial charge in [-0.3, -0.25) is 0 Å². The number of hydrogen-bond donors (Lipinski definition) is 0. The van der Waals surface area contributed by atoms with E-state index < -0.39 is 0 Å². The van der Waals surface area contributed by atoms with E-state index in [-0.39, 0.29) is 5.60 Å². The van der Waals surface area contributed by atoms with E-state index in [1.165, 1.54) is 17.7 Å². The Morgan fingerprint density at radius 3 is 2.65 bits per heavy atom. The normalized spacial score (nSPS) is 25.0. The summed E-state index contributed by atoms with van der Waals surface area (Å²) in [5, 5.41) is 0. The zero-order valence-electron chi connectivity index (χ0n) is 10.6. The first kappa shape index (κ1) is 12.7. The predicted octanol–water partition coefficient (Wildman–Crippen LogP) is 3.43. The highest BCUT2D eigenvalue weighted by molar-refractivity contribution is 6.17. The minimum atomic E-state index is -0.0105. The van der Waals surface area contributed by atoms with Crippen molar-refractivity contribution in [2.75, 3.05) is 25.1 Å². The molecular formula is C14H20ClNO. The number of hydrogen-bond acceptors (Lipinski definition) is 2. The van der Waals surface area contributed by atoms with E-state index in [2.05, 4.69) is 36.1 Å². The molecule has 0 aliphatic carbocycles. The second-order valence-corrected chi connectivity index (χ2v) is 5.25. The van der Waals surface area contributed by atoms with E-state index in [1.54, 1.807) is 7.11 Å². The lowest BCUT2D eigenvalue weighted by atomic mass is 9.94. The smallest absolute Gasteiger partial charge is 0.0825 e. The quantitative estimate of drug-likeness (QED) is 0.766. The highest BCUT2D eigenvalue weighted by Crippen LogP contribution is 2.28. The molecule has 1 aromatic rings. The van der Waals surface area contributed by atoms with Crippen LogP contribution in [0.25, 0.3) is 0 Å². The van der Waals surface area contributed by atoms with Gasteiger partial charge in [0.15, 0.2) is 0 Å². The van der Waals surface area contributed by atoms with E-state index in [1.807, 2.05) is 0 Å². The molecule has 1 fully saturated rings. The fourth-order valence-electron chi connectivity index (χ4n) is 2.39. The van der Waals surface area contributed by atoms with Crippen LogP contribution in [0.5, 0.6) is 0 Å². The maximum Gasteiger partial charge on any atom is 0.0825 e. The number of piperidine rings is 1. The molecule has 94 valence electrons. The number of benzene rings is 1. The molecule has 1 saturated heterocycles. The number of anilines is 1. The van der Waals surface area contributed by atoms with Crippen LogP contribution in [0.4, 0.5) is 5.69 Å². The minimum absolute atomic E-state index is 0.0105. The number of nitrogens with zero attached hydrogens (tertiary/aromatic N) is 1. The Hall–Kier alpha value is -0.730. The summed E-state index contributed by atoms with van der Waals surface area (Å²) < 4.78 is 5.61. The molecule has 1 aromatic carbocycles. The van der Waals surface area contributed by atoms with Crippen molar-refractivity contribution < 1.29 is 4.74 Å². The Kier molecular flexibility index (Phi) is 3.95. The van der Waals surface area contributed by atoms with E-state index >= 15 is 0 Å². The van der Waals surface area contributed by atoms with Crippen LogP contribution in [-0.4, -0.2) is 25.8 Å². The van der Waals surface area contributed by atoms with Crippen molar-refractivity contribution in [3.05, 3.63) is 29.8 Å². The van der Waals surface area contributed by atoms with E-state index in [0.29, 0.717) is 5.88 Å². The van der Waals surface area contributed by atoms with Gasteiger partial charge in [0.25, 0.3) is 0 Å². The average molecular weight is 254 g/mol. The van der Waals surface area contributed by atoms with Gasteiger partial charge in [0, 0.05) is 31.8 Å². The van der Waals surface area contributed by atoms with Crippen LogP contribution in [0.3, 0.4) is 0 Å². The molecule has 2 nitrogen and oxygen atoms in total. The van der Waals surface area contributed by atoms with Crippen LogP contribution in [0.1, 0.15) is 25.3 Å². The fourth-order valence-corrected chi connectivity index (χ4v) is 2.57. The molecule has 0 spiro atoms. The monoisotopic (exact) mass is 253 g/mol. The molecule has 1 unspecified atom stereocenters. The Labute approximate surface area is 109 Å². The van der Waals surface area contributed by atoms with Crippen molar-refractivity contribution >= 4 is 17.3 Å². The van der Waals surface area contributed by atoms with Crippen molar-refractivity contribution in [1.29, 1.82) is 0 Å². The standard InChI is InChI=1S/C14H20ClNO/c1-14(17-2)8-3-9-16(11-14)13-6-4-12(10-15)5-7-13/h4-7H,3,8-11H2,1-2H3. The second kappa shape index (κ2) is 5.28. The Balaban J connectivity index is 2.10. The van der Waals surface area contributed by atoms with Gasteiger partial charge in [0.1, 0.15) is 0 Å². The maximum atomic E-state index is 5.80. The van der Waals surface area contributed by atoms with Crippen LogP contribution in [0.2, 0.25) is 0 Å². The van der Waals surface area contributed by atoms with Crippen molar-refractivity contribution in [2.45, 2.75) is 31.2 Å². The molecule has 0 N–H and O–H groups in total. The predicted molar refractivity (Wildman–Crippen MR) is 72.9 cm³/mol. The van der Waals surface area contributed by atoms with Crippen LogP contribution in [0.15, 0.2) is 24.3 Å². The first-order valence-corrected chi connectivity index (χ1v) is 6.65. The number of methoxy groups -OCH3 is 1. The van der Waals surface area contributed by atoms with Crippen LogP contribution >= 0.6 is 11.6 Å².